The molecule has 1 aliphatic heterocycles. The van der Waals surface area contributed by atoms with Crippen molar-refractivity contribution in [2.75, 3.05) is 6.54 Å². The highest BCUT2D eigenvalue weighted by atomic mass is 32.1. The lowest BCUT2D eigenvalue weighted by atomic mass is 10.1. The van der Waals surface area contributed by atoms with Gasteiger partial charge in [-0.3, -0.25) is 9.48 Å². The predicted octanol–water partition coefficient (Wildman–Crippen LogP) is 4.55. The van der Waals surface area contributed by atoms with E-state index >= 15 is 0 Å². The first-order chi connectivity index (χ1) is 20.0. The van der Waals surface area contributed by atoms with Crippen LogP contribution in [0.1, 0.15) is 59.3 Å². The number of carboxylic acids is 1. The first-order valence-electron chi connectivity index (χ1n) is 14.0. The number of aromatic nitrogens is 4. The molecule has 0 saturated carbocycles. The van der Waals surface area contributed by atoms with Crippen LogP contribution in [0.2, 0.25) is 0 Å². The Morgan fingerprint density at radius 2 is 2.02 bits per heavy atom. The van der Waals surface area contributed by atoms with Gasteiger partial charge in [0.05, 0.1) is 12.1 Å². The van der Waals surface area contributed by atoms with Gasteiger partial charge < -0.3 is 24.8 Å². The van der Waals surface area contributed by atoms with E-state index in [0.717, 1.165) is 24.0 Å². The first-order valence-corrected chi connectivity index (χ1v) is 14.9. The number of alkyl carbamates (subject to hydrolysis) is 1. The van der Waals surface area contributed by atoms with E-state index in [9.17, 15) is 19.5 Å². The highest BCUT2D eigenvalue weighted by Crippen LogP contribution is 2.33. The van der Waals surface area contributed by atoms with Crippen LogP contribution in [0, 0.1) is 0 Å². The van der Waals surface area contributed by atoms with Crippen LogP contribution < -0.4 is 10.1 Å². The number of carbonyl (C=O) groups is 3. The normalized spacial score (nSPS) is 17.7. The maximum absolute atomic E-state index is 13.8. The van der Waals surface area contributed by atoms with Crippen molar-refractivity contribution in [1.82, 2.24) is 30.0 Å². The number of carbonyl (C=O) groups excluding carboxylic acids is 2. The first kappa shape index (κ1) is 30.9. The molecule has 3 atom stereocenters. The van der Waals surface area contributed by atoms with Gasteiger partial charge in [0.15, 0.2) is 5.82 Å². The number of hydrogen-bond acceptors (Lipinski definition) is 9. The minimum atomic E-state index is -1.14. The number of aliphatic carboxylic acids is 1. The summed E-state index contributed by atoms with van der Waals surface area (Å²) < 4.78 is 14.1. The number of nitrogens with zero attached hydrogens (tertiary/aromatic N) is 5. The zero-order chi connectivity index (χ0) is 30.4. The molecule has 0 aliphatic carbocycles. The largest absolute Gasteiger partial charge is 0.480 e. The van der Waals surface area contributed by atoms with Gasteiger partial charge in [-0.1, -0.05) is 18.9 Å². The van der Waals surface area contributed by atoms with Crippen LogP contribution >= 0.6 is 11.3 Å². The number of ether oxygens (including phenoxy) is 2. The number of allylic oxidation sites excluding steroid dienone is 1. The lowest BCUT2D eigenvalue weighted by molar-refractivity contribution is -0.149. The average Bonchev–Trinajstić information content (AvgIpc) is 3.66. The molecule has 42 heavy (non-hydrogen) atoms. The molecule has 0 radical (unpaired) electrons. The number of unbranched alkanes of at least 4 members (excludes halogenated alkanes) is 3. The zero-order valence-corrected chi connectivity index (χ0v) is 25.2. The Morgan fingerprint density at radius 1 is 1.24 bits per heavy atom. The summed E-state index contributed by atoms with van der Waals surface area (Å²) in [5, 5.41) is 18.8. The van der Waals surface area contributed by atoms with Crippen molar-refractivity contribution < 1.29 is 29.0 Å². The van der Waals surface area contributed by atoms with Crippen LogP contribution in [0.5, 0.6) is 5.88 Å². The number of rotatable bonds is 12. The van der Waals surface area contributed by atoms with Crippen LogP contribution in [0.25, 0.3) is 21.7 Å². The Hall–Kier alpha value is -4.00. The van der Waals surface area contributed by atoms with Crippen LogP contribution in [-0.4, -0.2) is 78.1 Å². The van der Waals surface area contributed by atoms with E-state index in [0.29, 0.717) is 35.8 Å². The number of fused-ring (bicyclic) bond motifs is 1. The van der Waals surface area contributed by atoms with E-state index in [1.165, 1.54) is 16.2 Å². The van der Waals surface area contributed by atoms with Gasteiger partial charge >= 0.3 is 12.1 Å². The third-order valence-electron chi connectivity index (χ3n) is 6.82. The monoisotopic (exact) mass is 598 g/mol. The van der Waals surface area contributed by atoms with Crippen LogP contribution in [-0.2, 0) is 21.4 Å². The average molecular weight is 599 g/mol. The van der Waals surface area contributed by atoms with Gasteiger partial charge in [0, 0.05) is 19.7 Å². The molecule has 4 rings (SSSR count). The van der Waals surface area contributed by atoms with Crippen molar-refractivity contribution >= 4 is 39.5 Å². The van der Waals surface area contributed by atoms with E-state index in [-0.39, 0.29) is 13.0 Å². The van der Waals surface area contributed by atoms with Gasteiger partial charge in [-0.05, 0) is 57.5 Å². The Bertz CT molecular complexity index is 1430. The van der Waals surface area contributed by atoms with Crippen molar-refractivity contribution in [3.05, 3.63) is 36.4 Å². The van der Waals surface area contributed by atoms with Crippen LogP contribution in [0.15, 0.2) is 36.4 Å². The van der Waals surface area contributed by atoms with E-state index in [1.54, 1.807) is 44.8 Å². The molecule has 1 fully saturated rings. The topological polar surface area (TPSA) is 149 Å². The number of amides is 2. The summed E-state index contributed by atoms with van der Waals surface area (Å²) in [6.07, 6.45) is 5.80. The fraction of sp³-hybridized carbons (Fsp3) is 0.517. The lowest BCUT2D eigenvalue weighted by Crippen LogP contribution is -2.52. The molecule has 4 heterocycles. The highest BCUT2D eigenvalue weighted by molar-refractivity contribution is 7.17. The summed E-state index contributed by atoms with van der Waals surface area (Å²) >= 11 is 1.42. The molecular weight excluding hydrogens is 560 g/mol. The Balaban J connectivity index is 1.54. The van der Waals surface area contributed by atoms with E-state index in [4.69, 9.17) is 9.47 Å². The van der Waals surface area contributed by atoms with E-state index < -0.39 is 41.8 Å². The lowest BCUT2D eigenvalue weighted by Gasteiger charge is -2.28. The molecule has 13 heteroatoms. The zero-order valence-electron chi connectivity index (χ0n) is 24.4. The maximum Gasteiger partial charge on any atom is 0.408 e. The molecule has 0 aromatic carbocycles. The van der Waals surface area contributed by atoms with Gasteiger partial charge in [0.2, 0.25) is 11.8 Å². The second kappa shape index (κ2) is 13.3. The Kier molecular flexibility index (Phi) is 9.81. The van der Waals surface area contributed by atoms with Crippen molar-refractivity contribution in [2.24, 2.45) is 7.05 Å². The summed E-state index contributed by atoms with van der Waals surface area (Å²) in [6.45, 7) is 8.96. The molecule has 0 unspecified atom stereocenters. The van der Waals surface area contributed by atoms with Crippen molar-refractivity contribution in [1.29, 1.82) is 0 Å². The molecule has 0 bridgehead atoms. The van der Waals surface area contributed by atoms with E-state index in [2.05, 4.69) is 27.0 Å². The molecule has 1 aliphatic rings. The number of aryl methyl sites for hydroxylation is 1. The molecule has 3 aromatic rings. The molecule has 1 saturated heterocycles. The van der Waals surface area contributed by atoms with Gasteiger partial charge in [-0.2, -0.15) is 10.1 Å². The number of carboxylic acid groups (broad SMARTS) is 1. The number of nitrogens with one attached hydrogen (secondary N) is 1. The second-order valence-corrected chi connectivity index (χ2v) is 12.2. The summed E-state index contributed by atoms with van der Waals surface area (Å²) in [5.41, 5.74) is 0.639. The van der Waals surface area contributed by atoms with Gasteiger partial charge in [0.1, 0.15) is 34.2 Å². The fourth-order valence-electron chi connectivity index (χ4n) is 4.86. The third kappa shape index (κ3) is 7.64. The minimum absolute atomic E-state index is 0.0245. The highest BCUT2D eigenvalue weighted by Gasteiger charge is 2.43. The van der Waals surface area contributed by atoms with Crippen LogP contribution in [0.4, 0.5) is 4.79 Å². The minimum Gasteiger partial charge on any atom is -0.480 e. The molecular formula is C29H38N6O6S. The van der Waals surface area contributed by atoms with Gasteiger partial charge in [-0.15, -0.1) is 17.9 Å². The van der Waals surface area contributed by atoms with E-state index in [1.807, 2.05) is 17.5 Å². The second-order valence-electron chi connectivity index (χ2n) is 11.3. The third-order valence-corrected chi connectivity index (χ3v) is 7.71. The molecule has 0 spiro atoms. The SMILES string of the molecule is C=CCCCCC[C@H](NC(=O)OC(C)(C)C)C(=O)N1C[C@H](Oc2nc(-c3ccnn3C)nc3ccsc23)C[C@H]1C(=O)O. The number of thiophene rings is 1. The van der Waals surface area contributed by atoms with Crippen molar-refractivity contribution in [2.45, 2.75) is 83.1 Å². The predicted molar refractivity (Wildman–Crippen MR) is 158 cm³/mol. The van der Waals surface area contributed by atoms with Gasteiger partial charge in [0.25, 0.3) is 0 Å². The smallest absolute Gasteiger partial charge is 0.408 e. The van der Waals surface area contributed by atoms with Crippen molar-refractivity contribution in [3.63, 3.8) is 0 Å². The fourth-order valence-corrected chi connectivity index (χ4v) is 5.63. The molecule has 12 nitrogen and oxygen atoms in total. The standard InChI is InChI=1S/C29H38N6O6S/c1-6-7-8-9-10-11-20(32-28(39)41-29(2,3)4)26(36)35-17-18(16-22(35)27(37)38)40-25-23-19(13-15-42-23)31-24(33-25)21-12-14-30-34(21)5/h6,12-15,18,20,22H,1,7-11,16-17H2,2-5H3,(H,32,39)(H,37,38)/t18-,20+,22+/m1/s1. The number of likely N-dealkylation sites (tertiary alicyclic amines) is 1. The molecule has 226 valence electrons. The van der Waals surface area contributed by atoms with Gasteiger partial charge in [-0.25, -0.2) is 14.6 Å². The maximum atomic E-state index is 13.8. The Morgan fingerprint density at radius 3 is 2.69 bits per heavy atom. The molecule has 2 N–H and O–H groups in total. The molecule has 3 aromatic heterocycles. The summed E-state index contributed by atoms with van der Waals surface area (Å²) in [4.78, 5) is 49.2. The summed E-state index contributed by atoms with van der Waals surface area (Å²) in [7, 11) is 1.79. The Labute approximate surface area is 248 Å². The van der Waals surface area contributed by atoms with Crippen molar-refractivity contribution in [3.8, 4) is 17.4 Å². The summed E-state index contributed by atoms with van der Waals surface area (Å²) in [5.74, 6) is -0.881. The number of hydrogen-bond donors (Lipinski definition) is 2. The summed E-state index contributed by atoms with van der Waals surface area (Å²) in [6, 6.07) is 1.59. The molecule has 2 amide bonds. The quantitative estimate of drug-likeness (QED) is 0.226. The van der Waals surface area contributed by atoms with Crippen LogP contribution in [0.3, 0.4) is 0 Å².